The molecule has 8 heteroatoms. The second kappa shape index (κ2) is 10.8. The van der Waals surface area contributed by atoms with Gasteiger partial charge in [0.05, 0.1) is 6.61 Å². The number of likely N-dealkylation sites (N-methyl/N-ethyl adjacent to an activating group) is 1. The molecule has 0 aromatic rings. The molecule has 1 amide bonds. The largest absolute Gasteiger partial charge is 0.354 e. The van der Waals surface area contributed by atoms with Crippen LogP contribution < -0.4 is 10.6 Å². The zero-order valence-corrected chi connectivity index (χ0v) is 19.0. The van der Waals surface area contributed by atoms with Crippen LogP contribution in [-0.4, -0.2) is 68.5 Å². The highest BCUT2D eigenvalue weighted by molar-refractivity contribution is 14.0. The van der Waals surface area contributed by atoms with Gasteiger partial charge in [0, 0.05) is 39.5 Å². The molecule has 2 N–H and O–H groups in total. The van der Waals surface area contributed by atoms with Crippen molar-refractivity contribution in [3.8, 4) is 0 Å². The average molecular weight is 494 g/mol. The molecule has 1 saturated heterocycles. The van der Waals surface area contributed by atoms with Gasteiger partial charge in [-0.15, -0.1) is 24.0 Å². The van der Waals surface area contributed by atoms with Crippen LogP contribution in [0.15, 0.2) is 4.99 Å². The fraction of sp³-hybridized carbons (Fsp3) is 0.895. The number of carbonyl (C=O) groups is 1. The molecule has 0 aromatic heterocycles. The summed E-state index contributed by atoms with van der Waals surface area (Å²) in [6.45, 7) is 1.43. The SMILES string of the molecule is CN(C)C(=O)CN=C(NCC1COC2(CCCCC2)O1)NC1CCCC1.I. The first kappa shape index (κ1) is 22.7. The minimum Gasteiger partial charge on any atom is -0.354 e. The number of rotatable bonds is 5. The van der Waals surface area contributed by atoms with Crippen LogP contribution in [0.1, 0.15) is 57.8 Å². The average Bonchev–Trinajstić information content (AvgIpc) is 3.28. The molecule has 2 aliphatic carbocycles. The van der Waals surface area contributed by atoms with Gasteiger partial charge in [-0.05, 0) is 25.7 Å². The predicted octanol–water partition coefficient (Wildman–Crippen LogP) is 2.25. The molecule has 1 heterocycles. The van der Waals surface area contributed by atoms with Gasteiger partial charge < -0.3 is 25.0 Å². The summed E-state index contributed by atoms with van der Waals surface area (Å²) in [5.41, 5.74) is 0. The fourth-order valence-corrected chi connectivity index (χ4v) is 3.98. The number of aliphatic imine (C=N–C) groups is 1. The van der Waals surface area contributed by atoms with Crippen LogP contribution >= 0.6 is 24.0 Å². The first-order valence-electron chi connectivity index (χ1n) is 10.1. The number of nitrogens with one attached hydrogen (secondary N) is 2. The third-order valence-corrected chi connectivity index (χ3v) is 5.59. The third-order valence-electron chi connectivity index (χ3n) is 5.59. The molecule has 1 aliphatic heterocycles. The molecular formula is C19H35IN4O3. The van der Waals surface area contributed by atoms with Crippen molar-refractivity contribution in [3.05, 3.63) is 0 Å². The van der Waals surface area contributed by atoms with Crippen LogP contribution in [0, 0.1) is 0 Å². The Morgan fingerprint density at radius 2 is 1.85 bits per heavy atom. The van der Waals surface area contributed by atoms with Crippen molar-refractivity contribution in [2.24, 2.45) is 4.99 Å². The van der Waals surface area contributed by atoms with Crippen LogP contribution in [0.3, 0.4) is 0 Å². The number of hydrogen-bond acceptors (Lipinski definition) is 4. The molecule has 0 bridgehead atoms. The van der Waals surface area contributed by atoms with Gasteiger partial charge in [-0.3, -0.25) is 4.79 Å². The van der Waals surface area contributed by atoms with E-state index in [-0.39, 0.29) is 48.3 Å². The van der Waals surface area contributed by atoms with Crippen molar-refractivity contribution in [1.82, 2.24) is 15.5 Å². The lowest BCUT2D eigenvalue weighted by Gasteiger charge is -2.31. The molecule has 0 aromatic carbocycles. The number of hydrogen-bond donors (Lipinski definition) is 2. The summed E-state index contributed by atoms with van der Waals surface area (Å²) < 4.78 is 12.2. The zero-order chi connectivity index (χ0) is 18.4. The minimum absolute atomic E-state index is 0. The molecule has 7 nitrogen and oxygen atoms in total. The molecule has 0 radical (unpaired) electrons. The fourth-order valence-electron chi connectivity index (χ4n) is 3.98. The third kappa shape index (κ3) is 6.74. The van der Waals surface area contributed by atoms with Gasteiger partial charge in [0.15, 0.2) is 11.7 Å². The van der Waals surface area contributed by atoms with E-state index in [2.05, 4.69) is 15.6 Å². The number of carbonyl (C=O) groups excluding carboxylic acids is 1. The van der Waals surface area contributed by atoms with Gasteiger partial charge in [-0.2, -0.15) is 0 Å². The topological polar surface area (TPSA) is 75.2 Å². The van der Waals surface area contributed by atoms with E-state index in [1.54, 1.807) is 19.0 Å². The van der Waals surface area contributed by atoms with Crippen LogP contribution in [-0.2, 0) is 14.3 Å². The Balaban J connectivity index is 0.00000261. The molecule has 3 rings (SSSR count). The summed E-state index contributed by atoms with van der Waals surface area (Å²) in [6.07, 6.45) is 10.5. The Morgan fingerprint density at radius 3 is 2.52 bits per heavy atom. The molecule has 3 aliphatic rings. The van der Waals surface area contributed by atoms with Crippen molar-refractivity contribution < 1.29 is 14.3 Å². The summed E-state index contributed by atoms with van der Waals surface area (Å²) in [5.74, 6) is 0.362. The lowest BCUT2D eigenvalue weighted by atomic mass is 9.94. The van der Waals surface area contributed by atoms with Gasteiger partial charge in [0.25, 0.3) is 0 Å². The van der Waals surface area contributed by atoms with Crippen LogP contribution in [0.5, 0.6) is 0 Å². The van der Waals surface area contributed by atoms with Crippen LogP contribution in [0.25, 0.3) is 0 Å². The van der Waals surface area contributed by atoms with E-state index < -0.39 is 0 Å². The summed E-state index contributed by atoms with van der Waals surface area (Å²) in [7, 11) is 3.51. The van der Waals surface area contributed by atoms with E-state index in [9.17, 15) is 4.79 Å². The molecule has 2 saturated carbocycles. The van der Waals surface area contributed by atoms with Gasteiger partial charge in [-0.25, -0.2) is 4.99 Å². The highest BCUT2D eigenvalue weighted by Crippen LogP contribution is 2.37. The highest BCUT2D eigenvalue weighted by Gasteiger charge is 2.42. The van der Waals surface area contributed by atoms with Gasteiger partial charge in [0.2, 0.25) is 5.91 Å². The van der Waals surface area contributed by atoms with Crippen LogP contribution in [0.4, 0.5) is 0 Å². The van der Waals surface area contributed by atoms with Gasteiger partial charge >= 0.3 is 0 Å². The van der Waals surface area contributed by atoms with E-state index in [1.807, 2.05) is 0 Å². The highest BCUT2D eigenvalue weighted by atomic mass is 127. The zero-order valence-electron chi connectivity index (χ0n) is 16.7. The molecular weight excluding hydrogens is 459 g/mol. The second-order valence-corrected chi connectivity index (χ2v) is 7.98. The molecule has 27 heavy (non-hydrogen) atoms. The normalized spacial score (nSPS) is 25.3. The predicted molar refractivity (Wildman–Crippen MR) is 116 cm³/mol. The summed E-state index contributed by atoms with van der Waals surface area (Å²) in [6, 6.07) is 0.446. The molecule has 156 valence electrons. The molecule has 1 unspecified atom stereocenters. The quantitative estimate of drug-likeness (QED) is 0.349. The van der Waals surface area contributed by atoms with Crippen molar-refractivity contribution in [3.63, 3.8) is 0 Å². The van der Waals surface area contributed by atoms with E-state index in [1.165, 1.54) is 32.1 Å². The summed E-state index contributed by atoms with van der Waals surface area (Å²) in [4.78, 5) is 17.9. The van der Waals surface area contributed by atoms with Gasteiger partial charge in [0.1, 0.15) is 12.6 Å². The molecule has 1 spiro atoms. The Hall–Kier alpha value is -0.610. The smallest absolute Gasteiger partial charge is 0.243 e. The lowest BCUT2D eigenvalue weighted by Crippen LogP contribution is -2.46. The Labute approximate surface area is 180 Å². The van der Waals surface area contributed by atoms with Crippen LogP contribution in [0.2, 0.25) is 0 Å². The maximum atomic E-state index is 11.9. The van der Waals surface area contributed by atoms with Crippen molar-refractivity contribution in [2.75, 3.05) is 33.8 Å². The number of nitrogens with zero attached hydrogens (tertiary/aromatic N) is 2. The van der Waals surface area contributed by atoms with Crippen molar-refractivity contribution in [1.29, 1.82) is 0 Å². The van der Waals surface area contributed by atoms with E-state index in [4.69, 9.17) is 9.47 Å². The van der Waals surface area contributed by atoms with E-state index in [0.29, 0.717) is 25.2 Å². The number of amides is 1. The standard InChI is InChI=1S/C19H34N4O3.HI/c1-23(2)17(24)13-21-18(22-15-8-4-5-9-15)20-12-16-14-25-19(26-16)10-6-3-7-11-19;/h15-16H,3-14H2,1-2H3,(H2,20,21,22);1H. The maximum Gasteiger partial charge on any atom is 0.243 e. The Bertz CT molecular complexity index is 503. The van der Waals surface area contributed by atoms with Crippen molar-refractivity contribution in [2.45, 2.75) is 75.7 Å². The van der Waals surface area contributed by atoms with E-state index >= 15 is 0 Å². The van der Waals surface area contributed by atoms with Gasteiger partial charge in [-0.1, -0.05) is 19.3 Å². The first-order valence-corrected chi connectivity index (χ1v) is 10.1. The monoisotopic (exact) mass is 494 g/mol. The second-order valence-electron chi connectivity index (χ2n) is 7.98. The number of guanidine groups is 1. The Morgan fingerprint density at radius 1 is 1.15 bits per heavy atom. The molecule has 3 fully saturated rings. The number of halogens is 1. The summed E-state index contributed by atoms with van der Waals surface area (Å²) in [5, 5.41) is 6.85. The van der Waals surface area contributed by atoms with Crippen molar-refractivity contribution >= 4 is 35.8 Å². The maximum absolute atomic E-state index is 11.9. The minimum atomic E-state index is -0.346. The molecule has 1 atom stereocenters. The summed E-state index contributed by atoms with van der Waals surface area (Å²) >= 11 is 0. The van der Waals surface area contributed by atoms with E-state index in [0.717, 1.165) is 25.7 Å². The Kier molecular flexibility index (Phi) is 9.07. The lowest BCUT2D eigenvalue weighted by molar-refractivity contribution is -0.186. The number of ether oxygens (including phenoxy) is 2. The first-order chi connectivity index (χ1) is 12.6.